The molecule has 0 fully saturated rings. The van der Waals surface area contributed by atoms with Crippen LogP contribution in [-0.4, -0.2) is 25.1 Å². The van der Waals surface area contributed by atoms with Crippen LogP contribution in [0.25, 0.3) is 0 Å². The van der Waals surface area contributed by atoms with Crippen molar-refractivity contribution in [2.45, 2.75) is 13.5 Å². The van der Waals surface area contributed by atoms with Gasteiger partial charge in [-0.25, -0.2) is 0 Å². The summed E-state index contributed by atoms with van der Waals surface area (Å²) in [6.45, 7) is 2.21. The molecule has 0 saturated heterocycles. The van der Waals surface area contributed by atoms with Crippen molar-refractivity contribution in [1.29, 1.82) is 0 Å². The van der Waals surface area contributed by atoms with Crippen LogP contribution in [0, 0.1) is 17.0 Å². The fourth-order valence-electron chi connectivity index (χ4n) is 1.28. The van der Waals surface area contributed by atoms with Crippen LogP contribution in [0.15, 0.2) is 24.3 Å². The molecule has 0 saturated carbocycles. The standard InChI is InChI=1S/C9H9N5O2/c1-7-10-12-13(11-7)6-8-2-4-9(5-3-8)14(15)16/h2-5H,6H2,1H3. The summed E-state index contributed by atoms with van der Waals surface area (Å²) < 4.78 is 0. The van der Waals surface area contributed by atoms with Gasteiger partial charge in [-0.2, -0.15) is 4.80 Å². The number of rotatable bonds is 3. The van der Waals surface area contributed by atoms with Crippen molar-refractivity contribution in [3.8, 4) is 0 Å². The van der Waals surface area contributed by atoms with Crippen LogP contribution in [0.2, 0.25) is 0 Å². The molecule has 0 aliphatic rings. The van der Waals surface area contributed by atoms with E-state index in [1.807, 2.05) is 0 Å². The maximum absolute atomic E-state index is 10.4. The lowest BCUT2D eigenvalue weighted by atomic mass is 10.2. The summed E-state index contributed by atoms with van der Waals surface area (Å²) in [5, 5.41) is 22.0. The van der Waals surface area contributed by atoms with Crippen molar-refractivity contribution in [3.05, 3.63) is 45.8 Å². The molecule has 0 amide bonds. The summed E-state index contributed by atoms with van der Waals surface area (Å²) >= 11 is 0. The number of tetrazole rings is 1. The number of aryl methyl sites for hydroxylation is 1. The van der Waals surface area contributed by atoms with Crippen molar-refractivity contribution >= 4 is 5.69 Å². The second-order valence-corrected chi connectivity index (χ2v) is 3.29. The molecule has 2 rings (SSSR count). The van der Waals surface area contributed by atoms with Crippen LogP contribution in [0.1, 0.15) is 11.4 Å². The van der Waals surface area contributed by atoms with Gasteiger partial charge in [0.15, 0.2) is 5.82 Å². The van der Waals surface area contributed by atoms with Crippen LogP contribution >= 0.6 is 0 Å². The number of hydrogen-bond acceptors (Lipinski definition) is 5. The van der Waals surface area contributed by atoms with E-state index in [0.29, 0.717) is 12.4 Å². The molecule has 0 aliphatic heterocycles. The Balaban J connectivity index is 2.14. The van der Waals surface area contributed by atoms with Gasteiger partial charge in [-0.3, -0.25) is 10.1 Å². The number of nitro groups is 1. The predicted molar refractivity (Wildman–Crippen MR) is 54.8 cm³/mol. The van der Waals surface area contributed by atoms with Gasteiger partial charge in [-0.1, -0.05) is 12.1 Å². The summed E-state index contributed by atoms with van der Waals surface area (Å²) in [7, 11) is 0. The fourth-order valence-corrected chi connectivity index (χ4v) is 1.28. The number of nitrogens with zero attached hydrogens (tertiary/aromatic N) is 5. The van der Waals surface area contributed by atoms with Gasteiger partial charge in [-0.15, -0.1) is 10.2 Å². The molecule has 1 aromatic carbocycles. The first-order chi connectivity index (χ1) is 7.65. The van der Waals surface area contributed by atoms with E-state index >= 15 is 0 Å². The van der Waals surface area contributed by atoms with Gasteiger partial charge >= 0.3 is 0 Å². The van der Waals surface area contributed by atoms with Gasteiger partial charge in [0.05, 0.1) is 11.5 Å². The molecular weight excluding hydrogens is 210 g/mol. The molecule has 7 nitrogen and oxygen atoms in total. The Labute approximate surface area is 90.9 Å². The van der Waals surface area contributed by atoms with Gasteiger partial charge < -0.3 is 0 Å². The van der Waals surface area contributed by atoms with Crippen LogP contribution in [0.5, 0.6) is 0 Å². The Bertz CT molecular complexity index is 505. The first-order valence-electron chi connectivity index (χ1n) is 4.63. The van der Waals surface area contributed by atoms with E-state index in [-0.39, 0.29) is 5.69 Å². The van der Waals surface area contributed by atoms with Crippen LogP contribution in [0.3, 0.4) is 0 Å². The minimum Gasteiger partial charge on any atom is -0.258 e. The summed E-state index contributed by atoms with van der Waals surface area (Å²) in [4.78, 5) is 11.5. The lowest BCUT2D eigenvalue weighted by Crippen LogP contribution is -2.04. The maximum atomic E-state index is 10.4. The van der Waals surface area contributed by atoms with Gasteiger partial charge in [-0.05, 0) is 17.7 Å². The molecule has 2 aromatic rings. The van der Waals surface area contributed by atoms with Gasteiger partial charge in [0, 0.05) is 12.1 Å². The normalized spacial score (nSPS) is 10.3. The van der Waals surface area contributed by atoms with E-state index < -0.39 is 4.92 Å². The summed E-state index contributed by atoms with van der Waals surface area (Å²) in [6.07, 6.45) is 0. The molecule has 0 radical (unpaired) electrons. The SMILES string of the molecule is Cc1nnn(Cc2ccc([N+](=O)[O-])cc2)n1. The molecule has 0 spiro atoms. The Kier molecular flexibility index (Phi) is 2.59. The Hall–Kier alpha value is -2.31. The van der Waals surface area contributed by atoms with Crippen LogP contribution in [0.4, 0.5) is 5.69 Å². The molecule has 0 N–H and O–H groups in total. The average Bonchev–Trinajstić information content (AvgIpc) is 2.65. The summed E-state index contributed by atoms with van der Waals surface area (Å²) in [5.41, 5.74) is 0.967. The zero-order valence-electron chi connectivity index (χ0n) is 8.57. The zero-order chi connectivity index (χ0) is 11.5. The van der Waals surface area contributed by atoms with E-state index in [2.05, 4.69) is 15.4 Å². The molecule has 16 heavy (non-hydrogen) atoms. The van der Waals surface area contributed by atoms with E-state index in [1.54, 1.807) is 19.1 Å². The van der Waals surface area contributed by atoms with Crippen molar-refractivity contribution in [2.75, 3.05) is 0 Å². The van der Waals surface area contributed by atoms with E-state index in [4.69, 9.17) is 0 Å². The monoisotopic (exact) mass is 219 g/mol. The van der Waals surface area contributed by atoms with Crippen molar-refractivity contribution in [3.63, 3.8) is 0 Å². The highest BCUT2D eigenvalue weighted by Gasteiger charge is 2.05. The highest BCUT2D eigenvalue weighted by atomic mass is 16.6. The van der Waals surface area contributed by atoms with Gasteiger partial charge in [0.2, 0.25) is 0 Å². The topological polar surface area (TPSA) is 86.7 Å². The average molecular weight is 219 g/mol. The maximum Gasteiger partial charge on any atom is 0.269 e. The Morgan fingerprint density at radius 3 is 2.56 bits per heavy atom. The molecule has 0 bridgehead atoms. The minimum absolute atomic E-state index is 0.0754. The summed E-state index contributed by atoms with van der Waals surface area (Å²) in [5.74, 6) is 0.599. The van der Waals surface area contributed by atoms with Crippen molar-refractivity contribution in [2.24, 2.45) is 0 Å². The largest absolute Gasteiger partial charge is 0.269 e. The highest BCUT2D eigenvalue weighted by Crippen LogP contribution is 2.12. The van der Waals surface area contributed by atoms with Gasteiger partial charge in [0.1, 0.15) is 0 Å². The molecule has 1 heterocycles. The summed E-state index contributed by atoms with van der Waals surface area (Å²) in [6, 6.07) is 6.27. The first-order valence-corrected chi connectivity index (χ1v) is 4.63. The molecule has 0 aliphatic carbocycles. The third-order valence-corrected chi connectivity index (χ3v) is 2.02. The Morgan fingerprint density at radius 2 is 2.06 bits per heavy atom. The molecular formula is C9H9N5O2. The number of aromatic nitrogens is 4. The molecule has 0 unspecified atom stereocenters. The fraction of sp³-hybridized carbons (Fsp3) is 0.222. The lowest BCUT2D eigenvalue weighted by molar-refractivity contribution is -0.384. The lowest BCUT2D eigenvalue weighted by Gasteiger charge is -1.98. The molecule has 7 heteroatoms. The predicted octanol–water partition coefficient (Wildman–Crippen LogP) is 0.938. The smallest absolute Gasteiger partial charge is 0.258 e. The number of hydrogen-bond donors (Lipinski definition) is 0. The van der Waals surface area contributed by atoms with E-state index in [1.165, 1.54) is 16.9 Å². The van der Waals surface area contributed by atoms with Crippen molar-refractivity contribution in [1.82, 2.24) is 20.2 Å². The number of nitro benzene ring substituents is 1. The third-order valence-electron chi connectivity index (χ3n) is 2.02. The molecule has 0 atom stereocenters. The molecule has 82 valence electrons. The molecule has 1 aromatic heterocycles. The van der Waals surface area contributed by atoms with E-state index in [0.717, 1.165) is 5.56 Å². The third kappa shape index (κ3) is 2.19. The van der Waals surface area contributed by atoms with E-state index in [9.17, 15) is 10.1 Å². The van der Waals surface area contributed by atoms with Crippen LogP contribution < -0.4 is 0 Å². The quantitative estimate of drug-likeness (QED) is 0.566. The first kappa shape index (κ1) is 10.2. The number of benzene rings is 1. The number of non-ortho nitro benzene ring substituents is 1. The minimum atomic E-state index is -0.429. The second-order valence-electron chi connectivity index (χ2n) is 3.29. The Morgan fingerprint density at radius 1 is 1.38 bits per heavy atom. The van der Waals surface area contributed by atoms with Crippen molar-refractivity contribution < 1.29 is 4.92 Å². The second kappa shape index (κ2) is 4.05. The van der Waals surface area contributed by atoms with Crippen LogP contribution in [-0.2, 0) is 6.54 Å². The zero-order valence-corrected chi connectivity index (χ0v) is 8.57. The highest BCUT2D eigenvalue weighted by molar-refractivity contribution is 5.32. The van der Waals surface area contributed by atoms with Gasteiger partial charge in [0.25, 0.3) is 5.69 Å².